The molecule has 0 spiro atoms. The predicted molar refractivity (Wildman–Crippen MR) is 96.8 cm³/mol. The van der Waals surface area contributed by atoms with Crippen LogP contribution >= 0.6 is 0 Å². The molecule has 0 unspecified atom stereocenters. The second-order valence-corrected chi connectivity index (χ2v) is 5.95. The van der Waals surface area contributed by atoms with Crippen LogP contribution in [0.5, 0.6) is 5.75 Å². The molecule has 0 saturated heterocycles. The Hall–Kier alpha value is -2.82. The molecule has 5 heteroatoms. The number of rotatable bonds is 6. The summed E-state index contributed by atoms with van der Waals surface area (Å²) in [6, 6.07) is 7.24. The molecule has 1 aromatic rings. The van der Waals surface area contributed by atoms with Crippen molar-refractivity contribution in [2.24, 2.45) is 0 Å². The highest BCUT2D eigenvalue weighted by atomic mass is 16.5. The van der Waals surface area contributed by atoms with E-state index >= 15 is 0 Å². The van der Waals surface area contributed by atoms with Crippen LogP contribution in [0, 0.1) is 0 Å². The molecule has 0 bridgehead atoms. The minimum atomic E-state index is -0.508. The topological polar surface area (TPSA) is 55.8 Å². The molecule has 1 aliphatic heterocycles. The van der Waals surface area contributed by atoms with Gasteiger partial charge in [-0.05, 0) is 44.5 Å². The molecule has 0 fully saturated rings. The molecular formula is C20H23NO4. The third-order valence-corrected chi connectivity index (χ3v) is 3.91. The lowest BCUT2D eigenvalue weighted by Crippen LogP contribution is -2.31. The minimum Gasteiger partial charge on any atom is -0.490 e. The van der Waals surface area contributed by atoms with E-state index in [1.807, 2.05) is 38.1 Å². The van der Waals surface area contributed by atoms with Gasteiger partial charge in [-0.15, -0.1) is 0 Å². The smallest absolute Gasteiger partial charge is 0.340 e. The van der Waals surface area contributed by atoms with Gasteiger partial charge in [0.15, 0.2) is 0 Å². The highest BCUT2D eigenvalue weighted by Crippen LogP contribution is 2.33. The zero-order valence-electron chi connectivity index (χ0n) is 15.0. The summed E-state index contributed by atoms with van der Waals surface area (Å²) in [6.07, 6.45) is 3.38. The third-order valence-electron chi connectivity index (χ3n) is 3.91. The largest absolute Gasteiger partial charge is 0.490 e. The Kier molecular flexibility index (Phi) is 5.80. The van der Waals surface area contributed by atoms with Crippen LogP contribution in [0.25, 0.3) is 6.08 Å². The van der Waals surface area contributed by atoms with Gasteiger partial charge in [0.25, 0.3) is 5.91 Å². The summed E-state index contributed by atoms with van der Waals surface area (Å²) in [5.74, 6) is 0.00888. The van der Waals surface area contributed by atoms with Gasteiger partial charge < -0.3 is 14.4 Å². The quantitative estimate of drug-likeness (QED) is 0.452. The summed E-state index contributed by atoms with van der Waals surface area (Å²) >= 11 is 0. The van der Waals surface area contributed by atoms with Crippen LogP contribution in [0.4, 0.5) is 0 Å². The fourth-order valence-electron chi connectivity index (χ4n) is 2.80. The average molecular weight is 341 g/mol. The number of benzene rings is 1. The number of carbonyl (C=O) groups is 2. The molecule has 0 aliphatic carbocycles. The minimum absolute atomic E-state index is 0.0484. The summed E-state index contributed by atoms with van der Waals surface area (Å²) in [4.78, 5) is 26.6. The van der Waals surface area contributed by atoms with E-state index < -0.39 is 5.97 Å². The molecule has 5 nitrogen and oxygen atoms in total. The summed E-state index contributed by atoms with van der Waals surface area (Å²) in [6.45, 7) is 9.61. The van der Waals surface area contributed by atoms with Crippen molar-refractivity contribution < 1.29 is 19.1 Å². The number of esters is 1. The molecule has 0 N–H and O–H groups in total. The zero-order chi connectivity index (χ0) is 18.6. The van der Waals surface area contributed by atoms with Crippen LogP contribution in [-0.2, 0) is 14.3 Å². The standard InChI is InChI=1S/C20H23NO4/c1-6-11-25-16-9-7-15(8-10-16)12-17-18(20(23)24-5)14(4)21(13(2)3)19(17)22/h6-10,12-13H,1,11H2,2-5H3/b17-12-. The van der Waals surface area contributed by atoms with Gasteiger partial charge in [-0.1, -0.05) is 24.8 Å². The number of ether oxygens (including phenoxy) is 2. The van der Waals surface area contributed by atoms with E-state index in [0.29, 0.717) is 29.2 Å². The Labute approximate surface area is 148 Å². The Balaban J connectivity index is 2.41. The van der Waals surface area contributed by atoms with Gasteiger partial charge in [0.1, 0.15) is 12.4 Å². The van der Waals surface area contributed by atoms with Crippen molar-refractivity contribution in [3.05, 3.63) is 59.3 Å². The first-order valence-electron chi connectivity index (χ1n) is 8.09. The zero-order valence-corrected chi connectivity index (χ0v) is 15.0. The lowest BCUT2D eigenvalue weighted by molar-refractivity contribution is -0.136. The summed E-state index contributed by atoms with van der Waals surface area (Å²) in [5.41, 5.74) is 2.07. The second-order valence-electron chi connectivity index (χ2n) is 5.95. The fraction of sp³-hybridized carbons (Fsp3) is 0.300. The molecule has 1 aromatic carbocycles. The summed E-state index contributed by atoms with van der Waals surface area (Å²) < 4.78 is 10.3. The molecule has 25 heavy (non-hydrogen) atoms. The van der Waals surface area contributed by atoms with E-state index in [4.69, 9.17) is 9.47 Å². The molecule has 1 heterocycles. The normalized spacial score (nSPS) is 16.0. The molecule has 1 aliphatic rings. The maximum absolute atomic E-state index is 12.8. The Morgan fingerprint density at radius 3 is 2.44 bits per heavy atom. The molecule has 0 aromatic heterocycles. The molecule has 2 rings (SSSR count). The van der Waals surface area contributed by atoms with Crippen LogP contribution in [0.3, 0.4) is 0 Å². The van der Waals surface area contributed by atoms with Gasteiger partial charge in [-0.2, -0.15) is 0 Å². The first-order chi connectivity index (χ1) is 11.9. The van der Waals surface area contributed by atoms with Crippen molar-refractivity contribution in [2.45, 2.75) is 26.8 Å². The Bertz CT molecular complexity index is 741. The average Bonchev–Trinajstić information content (AvgIpc) is 2.84. The highest BCUT2D eigenvalue weighted by Gasteiger charge is 2.38. The lowest BCUT2D eigenvalue weighted by atomic mass is 10.0. The van der Waals surface area contributed by atoms with Crippen molar-refractivity contribution in [1.29, 1.82) is 0 Å². The number of methoxy groups -OCH3 is 1. The first-order valence-corrected chi connectivity index (χ1v) is 8.09. The van der Waals surface area contributed by atoms with E-state index in [1.54, 1.807) is 24.0 Å². The van der Waals surface area contributed by atoms with Crippen molar-refractivity contribution in [1.82, 2.24) is 4.90 Å². The number of carbonyl (C=O) groups excluding carboxylic acids is 2. The Morgan fingerprint density at radius 1 is 1.28 bits per heavy atom. The summed E-state index contributed by atoms with van der Waals surface area (Å²) in [5, 5.41) is 0. The van der Waals surface area contributed by atoms with E-state index in [0.717, 1.165) is 5.56 Å². The maximum Gasteiger partial charge on any atom is 0.340 e. The van der Waals surface area contributed by atoms with Gasteiger partial charge in [-0.25, -0.2) is 4.79 Å². The van der Waals surface area contributed by atoms with Gasteiger partial charge in [0, 0.05) is 11.7 Å². The monoisotopic (exact) mass is 341 g/mol. The molecular weight excluding hydrogens is 318 g/mol. The van der Waals surface area contributed by atoms with E-state index in [1.165, 1.54) is 7.11 Å². The molecule has 0 saturated carbocycles. The van der Waals surface area contributed by atoms with E-state index in [9.17, 15) is 9.59 Å². The van der Waals surface area contributed by atoms with E-state index in [2.05, 4.69) is 6.58 Å². The first kappa shape index (κ1) is 18.5. The SMILES string of the molecule is C=CCOc1ccc(/C=C2\C(=O)N(C(C)C)C(C)=C2C(=O)OC)cc1. The maximum atomic E-state index is 12.8. The number of nitrogens with zero attached hydrogens (tertiary/aromatic N) is 1. The van der Waals surface area contributed by atoms with Gasteiger partial charge in [0.05, 0.1) is 18.3 Å². The van der Waals surface area contributed by atoms with E-state index in [-0.39, 0.29) is 11.9 Å². The van der Waals surface area contributed by atoms with Crippen LogP contribution in [-0.4, -0.2) is 36.5 Å². The third kappa shape index (κ3) is 3.82. The highest BCUT2D eigenvalue weighted by molar-refractivity contribution is 6.16. The number of hydrogen-bond donors (Lipinski definition) is 0. The molecule has 0 atom stereocenters. The van der Waals surface area contributed by atoms with Gasteiger partial charge in [0.2, 0.25) is 0 Å². The fourth-order valence-corrected chi connectivity index (χ4v) is 2.80. The van der Waals surface area contributed by atoms with Crippen LogP contribution < -0.4 is 4.74 Å². The van der Waals surface area contributed by atoms with Crippen molar-refractivity contribution in [3.8, 4) is 5.75 Å². The number of amides is 1. The number of allylic oxidation sites excluding steroid dienone is 1. The van der Waals surface area contributed by atoms with Crippen molar-refractivity contribution in [3.63, 3.8) is 0 Å². The molecule has 1 amide bonds. The van der Waals surface area contributed by atoms with Crippen molar-refractivity contribution in [2.75, 3.05) is 13.7 Å². The van der Waals surface area contributed by atoms with Gasteiger partial charge >= 0.3 is 5.97 Å². The van der Waals surface area contributed by atoms with Gasteiger partial charge in [-0.3, -0.25) is 4.79 Å². The Morgan fingerprint density at radius 2 is 1.92 bits per heavy atom. The van der Waals surface area contributed by atoms with Crippen LogP contribution in [0.1, 0.15) is 26.3 Å². The molecule has 0 radical (unpaired) electrons. The second kappa shape index (κ2) is 7.83. The molecule has 132 valence electrons. The lowest BCUT2D eigenvalue weighted by Gasteiger charge is -2.22. The van der Waals surface area contributed by atoms with Crippen LogP contribution in [0.2, 0.25) is 0 Å². The van der Waals surface area contributed by atoms with Crippen molar-refractivity contribution >= 4 is 18.0 Å². The van der Waals surface area contributed by atoms with Crippen LogP contribution in [0.15, 0.2) is 53.8 Å². The predicted octanol–water partition coefficient (Wildman–Crippen LogP) is 3.33. The number of hydrogen-bond acceptors (Lipinski definition) is 4. The summed E-state index contributed by atoms with van der Waals surface area (Å²) in [7, 11) is 1.31.